The lowest BCUT2D eigenvalue weighted by Crippen LogP contribution is -2.04. The smallest absolute Gasteiger partial charge is 0.115 e. The molecule has 1 aromatic rings. The Morgan fingerprint density at radius 1 is 1.21 bits per heavy atom. The first-order valence-electron chi connectivity index (χ1n) is 4.37. The van der Waals surface area contributed by atoms with Gasteiger partial charge in [0.25, 0.3) is 0 Å². The van der Waals surface area contributed by atoms with E-state index in [-0.39, 0.29) is 0 Å². The summed E-state index contributed by atoms with van der Waals surface area (Å²) in [5.41, 5.74) is 2.41. The Morgan fingerprint density at radius 3 is 2.71 bits per heavy atom. The summed E-state index contributed by atoms with van der Waals surface area (Å²) in [6.07, 6.45) is 2.93. The summed E-state index contributed by atoms with van der Waals surface area (Å²) in [6, 6.07) is 10.3. The van der Waals surface area contributed by atoms with Crippen LogP contribution in [0.4, 0.5) is 0 Å². The van der Waals surface area contributed by atoms with Crippen LogP contribution in [0.5, 0.6) is 0 Å². The summed E-state index contributed by atoms with van der Waals surface area (Å²) >= 11 is 7.53. The molecule has 1 heterocycles. The summed E-state index contributed by atoms with van der Waals surface area (Å²) in [5.74, 6) is 0. The summed E-state index contributed by atoms with van der Waals surface area (Å²) < 4.78 is 3.03. The zero-order valence-electron chi connectivity index (χ0n) is 7.53. The van der Waals surface area contributed by atoms with Crippen LogP contribution in [0.3, 0.4) is 0 Å². The molecule has 0 amide bonds. The number of benzene rings is 1. The van der Waals surface area contributed by atoms with Crippen molar-refractivity contribution in [3.8, 4) is 0 Å². The zero-order valence-corrected chi connectivity index (χ0v) is 9.11. The maximum Gasteiger partial charge on any atom is 0.115 e. The second-order valence-electron chi connectivity index (χ2n) is 3.02. The van der Waals surface area contributed by atoms with Crippen LogP contribution >= 0.6 is 23.5 Å². The third-order valence-corrected chi connectivity index (χ3v) is 3.05. The van der Waals surface area contributed by atoms with Crippen molar-refractivity contribution >= 4 is 23.5 Å². The topological polar surface area (TPSA) is 12.0 Å². The Bertz CT molecular complexity index is 370. The van der Waals surface area contributed by atoms with E-state index in [1.807, 2.05) is 23.6 Å². The normalized spacial score (nSPS) is 15.5. The van der Waals surface area contributed by atoms with Crippen LogP contribution in [0.2, 0.25) is 0 Å². The van der Waals surface area contributed by atoms with E-state index >= 15 is 0 Å². The van der Waals surface area contributed by atoms with Gasteiger partial charge in [0.15, 0.2) is 0 Å². The minimum atomic E-state index is 0.737. The van der Waals surface area contributed by atoms with E-state index in [4.69, 9.17) is 11.6 Å². The monoisotopic (exact) mass is 223 g/mol. The van der Waals surface area contributed by atoms with Crippen LogP contribution in [-0.4, -0.2) is 0 Å². The number of allylic oxidation sites excluding steroid dienone is 2. The van der Waals surface area contributed by atoms with Gasteiger partial charge < -0.3 is 4.72 Å². The molecule has 1 aliphatic heterocycles. The molecule has 2 rings (SSSR count). The fourth-order valence-electron chi connectivity index (χ4n) is 1.29. The third-order valence-electron chi connectivity index (χ3n) is 2.01. The average Bonchev–Trinajstić information content (AvgIpc) is 2.23. The second kappa shape index (κ2) is 4.58. The van der Waals surface area contributed by atoms with Crippen molar-refractivity contribution in [3.05, 3.63) is 58.1 Å². The lowest BCUT2D eigenvalue weighted by Gasteiger charge is -2.11. The van der Waals surface area contributed by atoms with E-state index in [1.165, 1.54) is 17.5 Å². The van der Waals surface area contributed by atoms with Crippen molar-refractivity contribution in [2.24, 2.45) is 0 Å². The first-order chi connectivity index (χ1) is 6.86. The van der Waals surface area contributed by atoms with Crippen molar-refractivity contribution in [1.29, 1.82) is 0 Å². The van der Waals surface area contributed by atoms with Gasteiger partial charge in [-0.25, -0.2) is 0 Å². The summed E-state index contributed by atoms with van der Waals surface area (Å²) in [6.45, 7) is 0. The van der Waals surface area contributed by atoms with Gasteiger partial charge in [0.05, 0.1) is 0 Å². The van der Waals surface area contributed by atoms with Gasteiger partial charge in [-0.3, -0.25) is 0 Å². The summed E-state index contributed by atoms with van der Waals surface area (Å²) in [5, 5.41) is 2.74. The van der Waals surface area contributed by atoms with Crippen molar-refractivity contribution < 1.29 is 0 Å². The van der Waals surface area contributed by atoms with Crippen molar-refractivity contribution in [2.75, 3.05) is 0 Å². The van der Waals surface area contributed by atoms with E-state index in [0.29, 0.717) is 0 Å². The molecule has 0 spiro atoms. The highest BCUT2D eigenvalue weighted by Crippen LogP contribution is 2.21. The van der Waals surface area contributed by atoms with Gasteiger partial charge in [0.1, 0.15) is 5.16 Å². The Morgan fingerprint density at radius 2 is 2.00 bits per heavy atom. The van der Waals surface area contributed by atoms with Crippen LogP contribution in [-0.2, 0) is 6.42 Å². The molecule has 0 fully saturated rings. The molecule has 0 aliphatic carbocycles. The van der Waals surface area contributed by atoms with Gasteiger partial charge in [-0.1, -0.05) is 41.9 Å². The molecule has 14 heavy (non-hydrogen) atoms. The predicted molar refractivity (Wildman–Crippen MR) is 62.9 cm³/mol. The van der Waals surface area contributed by atoms with Gasteiger partial charge in [-0.15, -0.1) is 0 Å². The SMILES string of the molecule is ClC1=C(Cc2ccccc2)C=CSN1. The summed E-state index contributed by atoms with van der Waals surface area (Å²) in [4.78, 5) is 0. The Balaban J connectivity index is 2.15. The molecule has 1 aromatic carbocycles. The molecule has 3 heteroatoms. The van der Waals surface area contributed by atoms with Crippen molar-refractivity contribution in [1.82, 2.24) is 4.72 Å². The van der Waals surface area contributed by atoms with Gasteiger partial charge >= 0.3 is 0 Å². The Kier molecular flexibility index (Phi) is 3.17. The Labute approximate surface area is 93.0 Å². The van der Waals surface area contributed by atoms with Crippen LogP contribution in [0, 0.1) is 0 Å². The van der Waals surface area contributed by atoms with Crippen molar-refractivity contribution in [2.45, 2.75) is 6.42 Å². The van der Waals surface area contributed by atoms with E-state index in [0.717, 1.165) is 17.2 Å². The number of rotatable bonds is 2. The minimum absolute atomic E-state index is 0.737. The number of hydrogen-bond acceptors (Lipinski definition) is 2. The molecular formula is C11H10ClNS. The second-order valence-corrected chi connectivity index (χ2v) is 4.11. The van der Waals surface area contributed by atoms with E-state index in [9.17, 15) is 0 Å². The van der Waals surface area contributed by atoms with Gasteiger partial charge in [-0.2, -0.15) is 0 Å². The molecule has 0 radical (unpaired) electrons. The molecule has 1 nitrogen and oxygen atoms in total. The molecule has 1 N–H and O–H groups in total. The van der Waals surface area contributed by atoms with E-state index in [1.54, 1.807) is 0 Å². The fraction of sp³-hybridized carbons (Fsp3) is 0.0909. The highest BCUT2D eigenvalue weighted by molar-refractivity contribution is 8.00. The maximum absolute atomic E-state index is 6.03. The molecule has 0 saturated heterocycles. The fourth-order valence-corrected chi connectivity index (χ4v) is 2.09. The van der Waals surface area contributed by atoms with E-state index in [2.05, 4.69) is 22.9 Å². The van der Waals surface area contributed by atoms with Gasteiger partial charge in [0.2, 0.25) is 0 Å². The molecular weight excluding hydrogens is 214 g/mol. The minimum Gasteiger partial charge on any atom is -0.316 e. The quantitative estimate of drug-likeness (QED) is 0.609. The molecule has 72 valence electrons. The van der Waals surface area contributed by atoms with Gasteiger partial charge in [-0.05, 0) is 34.6 Å². The maximum atomic E-state index is 6.03. The average molecular weight is 224 g/mol. The zero-order chi connectivity index (χ0) is 9.80. The highest BCUT2D eigenvalue weighted by atomic mass is 35.5. The lowest BCUT2D eigenvalue weighted by atomic mass is 10.1. The van der Waals surface area contributed by atoms with Crippen LogP contribution in [0.15, 0.2) is 52.5 Å². The molecule has 0 aromatic heterocycles. The molecule has 0 atom stereocenters. The van der Waals surface area contributed by atoms with Crippen LogP contribution < -0.4 is 4.72 Å². The van der Waals surface area contributed by atoms with Crippen molar-refractivity contribution in [3.63, 3.8) is 0 Å². The number of hydrogen-bond donors (Lipinski definition) is 1. The third kappa shape index (κ3) is 2.34. The molecule has 1 aliphatic rings. The largest absolute Gasteiger partial charge is 0.316 e. The number of halogens is 1. The first-order valence-corrected chi connectivity index (χ1v) is 5.63. The number of nitrogens with one attached hydrogen (secondary N) is 1. The highest BCUT2D eigenvalue weighted by Gasteiger charge is 2.06. The van der Waals surface area contributed by atoms with Crippen LogP contribution in [0.1, 0.15) is 5.56 Å². The van der Waals surface area contributed by atoms with Crippen LogP contribution in [0.25, 0.3) is 0 Å². The van der Waals surface area contributed by atoms with E-state index < -0.39 is 0 Å². The standard InChI is InChI=1S/C11H10ClNS/c12-11-10(6-7-14-13-11)8-9-4-2-1-3-5-9/h1-7,13H,8H2. The molecule has 0 bridgehead atoms. The molecule has 0 saturated carbocycles. The predicted octanol–water partition coefficient (Wildman–Crippen LogP) is 3.44. The summed E-state index contributed by atoms with van der Waals surface area (Å²) in [7, 11) is 0. The van der Waals surface area contributed by atoms with Gasteiger partial charge in [0, 0.05) is 6.42 Å². The lowest BCUT2D eigenvalue weighted by molar-refractivity contribution is 1.14. The Hall–Kier alpha value is -0.860. The first kappa shape index (κ1) is 9.69. The molecule has 0 unspecified atom stereocenters.